The number of aliphatic hydroxyl groups is 1. The van der Waals surface area contributed by atoms with Gasteiger partial charge in [0, 0.05) is 36.7 Å². The van der Waals surface area contributed by atoms with Crippen LogP contribution in [0.3, 0.4) is 0 Å². The molecule has 1 fully saturated rings. The molecule has 2 aliphatic rings. The first kappa shape index (κ1) is 14.1. The maximum absolute atomic E-state index is 11.6. The second-order valence-electron chi connectivity index (χ2n) is 6.05. The van der Waals surface area contributed by atoms with Gasteiger partial charge in [-0.3, -0.25) is 4.79 Å². The topological polar surface area (TPSA) is 78.4 Å². The van der Waals surface area contributed by atoms with E-state index >= 15 is 0 Å². The molecular weight excluding hydrogens is 292 g/mol. The number of amides is 1. The molecule has 1 aromatic carbocycles. The van der Waals surface area contributed by atoms with Crippen molar-refractivity contribution in [3.05, 3.63) is 36.2 Å². The van der Waals surface area contributed by atoms with Crippen LogP contribution in [0.2, 0.25) is 0 Å². The Balaban J connectivity index is 1.60. The molecule has 6 heteroatoms. The smallest absolute Gasteiger partial charge is 0.228 e. The fraction of sp³-hybridized carbons (Fsp3) is 0.353. The second-order valence-corrected chi connectivity index (χ2v) is 6.05. The fourth-order valence-corrected chi connectivity index (χ4v) is 3.21. The molecule has 0 aliphatic carbocycles. The van der Waals surface area contributed by atoms with E-state index in [1.165, 1.54) is 0 Å². The first-order chi connectivity index (χ1) is 11.2. The number of aromatic nitrogens is 2. The number of hydrogen-bond acceptors (Lipinski definition) is 5. The Hall–Kier alpha value is -2.47. The lowest BCUT2D eigenvalue weighted by molar-refractivity contribution is -0.115. The van der Waals surface area contributed by atoms with Crippen LogP contribution in [-0.2, 0) is 11.2 Å². The predicted molar refractivity (Wildman–Crippen MR) is 87.3 cm³/mol. The van der Waals surface area contributed by atoms with Crippen LogP contribution in [-0.4, -0.2) is 40.2 Å². The van der Waals surface area contributed by atoms with E-state index in [-0.39, 0.29) is 12.0 Å². The summed E-state index contributed by atoms with van der Waals surface area (Å²) >= 11 is 0. The number of piperidine rings is 1. The molecular formula is C17H18N4O2. The van der Waals surface area contributed by atoms with Crippen molar-refractivity contribution in [2.45, 2.75) is 25.4 Å². The van der Waals surface area contributed by atoms with Gasteiger partial charge in [0.25, 0.3) is 0 Å². The molecule has 1 saturated heterocycles. The third kappa shape index (κ3) is 2.66. The van der Waals surface area contributed by atoms with E-state index in [9.17, 15) is 9.90 Å². The number of carbonyl (C=O) groups excluding carboxylic acids is 1. The van der Waals surface area contributed by atoms with Crippen LogP contribution in [0.1, 0.15) is 18.4 Å². The molecule has 0 spiro atoms. The molecule has 0 bridgehead atoms. The summed E-state index contributed by atoms with van der Waals surface area (Å²) in [5.74, 6) is 0.722. The lowest BCUT2D eigenvalue weighted by Gasteiger charge is -2.29. The van der Waals surface area contributed by atoms with Gasteiger partial charge < -0.3 is 15.3 Å². The standard InChI is InChI=1S/C17H18N4O2/c22-12-4-6-21(7-5-12)17-18-9-11(10-19-17)13-2-1-3-15-14(13)8-16(23)20-15/h1-3,9-10,12,22H,4-8H2,(H,20,23). The third-order valence-electron chi connectivity index (χ3n) is 4.48. The van der Waals surface area contributed by atoms with Crippen molar-refractivity contribution in [3.63, 3.8) is 0 Å². The van der Waals surface area contributed by atoms with E-state index in [0.717, 1.165) is 48.3 Å². The summed E-state index contributed by atoms with van der Waals surface area (Å²) < 4.78 is 0. The van der Waals surface area contributed by atoms with Crippen LogP contribution < -0.4 is 10.2 Å². The summed E-state index contributed by atoms with van der Waals surface area (Å²) in [5.41, 5.74) is 3.80. The second kappa shape index (κ2) is 5.62. The Bertz CT molecular complexity index is 737. The molecule has 23 heavy (non-hydrogen) atoms. The number of benzene rings is 1. The molecule has 2 aromatic rings. The Morgan fingerprint density at radius 3 is 2.65 bits per heavy atom. The molecule has 0 radical (unpaired) electrons. The summed E-state index contributed by atoms with van der Waals surface area (Å²) in [5, 5.41) is 12.4. The number of carbonyl (C=O) groups is 1. The predicted octanol–water partition coefficient (Wildman–Crippen LogP) is 1.60. The van der Waals surface area contributed by atoms with Crippen LogP contribution in [0.4, 0.5) is 11.6 Å². The van der Waals surface area contributed by atoms with Crippen molar-refractivity contribution in [1.82, 2.24) is 9.97 Å². The highest BCUT2D eigenvalue weighted by Gasteiger charge is 2.22. The lowest BCUT2D eigenvalue weighted by Crippen LogP contribution is -2.36. The van der Waals surface area contributed by atoms with Crippen LogP contribution in [0, 0.1) is 0 Å². The molecule has 0 saturated carbocycles. The number of fused-ring (bicyclic) bond motifs is 1. The van der Waals surface area contributed by atoms with E-state index in [0.29, 0.717) is 12.4 Å². The normalized spacial score (nSPS) is 18.0. The van der Waals surface area contributed by atoms with Crippen LogP contribution >= 0.6 is 0 Å². The van der Waals surface area contributed by atoms with Crippen LogP contribution in [0.5, 0.6) is 0 Å². The molecule has 6 nitrogen and oxygen atoms in total. The molecule has 2 N–H and O–H groups in total. The molecule has 4 rings (SSSR count). The molecule has 3 heterocycles. The Kier molecular flexibility index (Phi) is 3.46. The van der Waals surface area contributed by atoms with E-state index in [1.807, 2.05) is 30.6 Å². The average molecular weight is 310 g/mol. The maximum atomic E-state index is 11.6. The van der Waals surface area contributed by atoms with Gasteiger partial charge in [0.15, 0.2) is 0 Å². The van der Waals surface area contributed by atoms with Crippen molar-refractivity contribution in [2.75, 3.05) is 23.3 Å². The fourth-order valence-electron chi connectivity index (χ4n) is 3.21. The Morgan fingerprint density at radius 1 is 1.17 bits per heavy atom. The first-order valence-corrected chi connectivity index (χ1v) is 7.88. The van der Waals surface area contributed by atoms with Gasteiger partial charge >= 0.3 is 0 Å². The van der Waals surface area contributed by atoms with Crippen molar-refractivity contribution >= 4 is 17.5 Å². The molecule has 1 amide bonds. The number of nitrogens with one attached hydrogen (secondary N) is 1. The minimum absolute atomic E-state index is 0.0249. The quantitative estimate of drug-likeness (QED) is 0.881. The highest BCUT2D eigenvalue weighted by Crippen LogP contribution is 2.33. The number of anilines is 2. The summed E-state index contributed by atoms with van der Waals surface area (Å²) in [6.45, 7) is 1.55. The molecule has 2 aliphatic heterocycles. The van der Waals surface area contributed by atoms with Gasteiger partial charge in [-0.15, -0.1) is 0 Å². The number of hydrogen-bond donors (Lipinski definition) is 2. The minimum atomic E-state index is -0.206. The van der Waals surface area contributed by atoms with Gasteiger partial charge in [-0.25, -0.2) is 9.97 Å². The molecule has 118 valence electrons. The van der Waals surface area contributed by atoms with Gasteiger partial charge in [0.1, 0.15) is 0 Å². The zero-order chi connectivity index (χ0) is 15.8. The highest BCUT2D eigenvalue weighted by atomic mass is 16.3. The van der Waals surface area contributed by atoms with Crippen molar-refractivity contribution < 1.29 is 9.90 Å². The number of rotatable bonds is 2. The van der Waals surface area contributed by atoms with Crippen LogP contribution in [0.25, 0.3) is 11.1 Å². The highest BCUT2D eigenvalue weighted by molar-refractivity contribution is 6.01. The molecule has 0 atom stereocenters. The maximum Gasteiger partial charge on any atom is 0.228 e. The monoisotopic (exact) mass is 310 g/mol. The van der Waals surface area contributed by atoms with E-state index in [1.54, 1.807) is 0 Å². The molecule has 1 aromatic heterocycles. The average Bonchev–Trinajstić information content (AvgIpc) is 2.96. The van der Waals surface area contributed by atoms with Gasteiger partial charge in [-0.2, -0.15) is 0 Å². The summed E-state index contributed by atoms with van der Waals surface area (Å²) in [6, 6.07) is 5.84. The van der Waals surface area contributed by atoms with Crippen LogP contribution in [0.15, 0.2) is 30.6 Å². The van der Waals surface area contributed by atoms with E-state index < -0.39 is 0 Å². The summed E-state index contributed by atoms with van der Waals surface area (Å²) in [6.07, 6.45) is 5.33. The summed E-state index contributed by atoms with van der Waals surface area (Å²) in [4.78, 5) is 22.6. The minimum Gasteiger partial charge on any atom is -0.393 e. The summed E-state index contributed by atoms with van der Waals surface area (Å²) in [7, 11) is 0. The van der Waals surface area contributed by atoms with E-state index in [2.05, 4.69) is 20.2 Å². The van der Waals surface area contributed by atoms with Crippen molar-refractivity contribution in [3.8, 4) is 11.1 Å². The van der Waals surface area contributed by atoms with Gasteiger partial charge in [-0.1, -0.05) is 12.1 Å². The van der Waals surface area contributed by atoms with E-state index in [4.69, 9.17) is 0 Å². The molecule has 0 unspecified atom stereocenters. The van der Waals surface area contributed by atoms with Gasteiger partial charge in [-0.05, 0) is 30.0 Å². The number of aliphatic hydroxyl groups excluding tert-OH is 1. The Morgan fingerprint density at radius 2 is 1.91 bits per heavy atom. The van der Waals surface area contributed by atoms with Gasteiger partial charge in [0.05, 0.1) is 12.5 Å². The van der Waals surface area contributed by atoms with Crippen molar-refractivity contribution in [2.24, 2.45) is 0 Å². The SMILES string of the molecule is O=C1Cc2c(cccc2-c2cnc(N3CCC(O)CC3)nc2)N1. The van der Waals surface area contributed by atoms with Gasteiger partial charge in [0.2, 0.25) is 11.9 Å². The third-order valence-corrected chi connectivity index (χ3v) is 4.48. The van der Waals surface area contributed by atoms with Crippen molar-refractivity contribution in [1.29, 1.82) is 0 Å². The largest absolute Gasteiger partial charge is 0.393 e. The zero-order valence-corrected chi connectivity index (χ0v) is 12.7. The first-order valence-electron chi connectivity index (χ1n) is 7.88. The zero-order valence-electron chi connectivity index (χ0n) is 12.7. The Labute approximate surface area is 134 Å². The lowest BCUT2D eigenvalue weighted by atomic mass is 10.00. The number of nitrogens with zero attached hydrogens (tertiary/aromatic N) is 3.